The van der Waals surface area contributed by atoms with Crippen LogP contribution in [0, 0.1) is 0 Å². The number of thiazole rings is 1. The molecule has 238 valence electrons. The van der Waals surface area contributed by atoms with Crippen molar-refractivity contribution in [2.24, 2.45) is 0 Å². The Balaban J connectivity index is 1.12. The fourth-order valence-corrected chi connectivity index (χ4v) is 6.19. The van der Waals surface area contributed by atoms with Crippen molar-refractivity contribution in [3.63, 3.8) is 0 Å². The van der Waals surface area contributed by atoms with E-state index in [9.17, 15) is 31.1 Å². The van der Waals surface area contributed by atoms with Crippen molar-refractivity contribution in [3.8, 4) is 28.3 Å². The van der Waals surface area contributed by atoms with Gasteiger partial charge in [0.05, 0.1) is 29.5 Å². The molecule has 15 heteroatoms. The minimum absolute atomic E-state index is 0.0883. The Morgan fingerprint density at radius 3 is 2.44 bits per heavy atom. The lowest BCUT2D eigenvalue weighted by molar-refractivity contribution is -0.274. The van der Waals surface area contributed by atoms with Crippen LogP contribution in [0.5, 0.6) is 5.75 Å². The van der Waals surface area contributed by atoms with Crippen LogP contribution in [0.15, 0.2) is 52.4 Å². The summed E-state index contributed by atoms with van der Waals surface area (Å²) in [5.41, 5.74) is -0.616. The molecule has 2 aliphatic rings. The largest absolute Gasteiger partial charge is 0.573 e. The van der Waals surface area contributed by atoms with Crippen molar-refractivity contribution >= 4 is 22.4 Å². The van der Waals surface area contributed by atoms with E-state index in [1.54, 1.807) is 11.4 Å². The number of piperidine rings is 1. The van der Waals surface area contributed by atoms with Gasteiger partial charge in [-0.3, -0.25) is 0 Å². The first-order valence-electron chi connectivity index (χ1n) is 14.0. The maximum atomic E-state index is 13.5. The molecule has 0 bridgehead atoms. The van der Waals surface area contributed by atoms with Gasteiger partial charge >= 0.3 is 18.5 Å². The number of hydrogen-bond acceptors (Lipinski definition) is 8. The Morgan fingerprint density at radius 1 is 1.04 bits per heavy atom. The zero-order valence-corrected chi connectivity index (χ0v) is 24.1. The Hall–Kier alpha value is -4.11. The van der Waals surface area contributed by atoms with Crippen molar-refractivity contribution in [1.82, 2.24) is 10.1 Å². The van der Waals surface area contributed by atoms with Crippen LogP contribution in [-0.2, 0) is 17.5 Å². The Labute approximate surface area is 256 Å². The lowest BCUT2D eigenvalue weighted by atomic mass is 10.0. The molecular formula is C30H25F6N3O5S. The van der Waals surface area contributed by atoms with Gasteiger partial charge in [0.25, 0.3) is 0 Å². The SMILES string of the molecule is O=C(O)c1ccc(-c2csc(N3CCC(OCc4c(-c5ccccc5OC(F)(F)F)noc4C4CC4)CC3)n2)cc1C(F)(F)F. The van der Waals surface area contributed by atoms with Gasteiger partial charge in [-0.1, -0.05) is 23.4 Å². The van der Waals surface area contributed by atoms with E-state index in [0.717, 1.165) is 25.0 Å². The Morgan fingerprint density at radius 2 is 1.78 bits per heavy atom. The number of para-hydroxylation sites is 1. The number of anilines is 1. The number of benzene rings is 2. The highest BCUT2D eigenvalue weighted by Crippen LogP contribution is 2.46. The van der Waals surface area contributed by atoms with Gasteiger partial charge in [-0.2, -0.15) is 13.2 Å². The minimum Gasteiger partial charge on any atom is -0.478 e. The number of nitrogens with zero attached hydrogens (tertiary/aromatic N) is 3. The molecule has 2 aromatic carbocycles. The fourth-order valence-electron chi connectivity index (χ4n) is 5.30. The van der Waals surface area contributed by atoms with Crippen molar-refractivity contribution in [3.05, 3.63) is 70.3 Å². The standard InChI is InChI=1S/C30H25F6N3O5S/c31-29(32,33)22-13-17(7-8-19(22)27(40)41)23-15-45-28(37-23)39-11-9-18(10-12-39)42-14-21-25(38-44-26(21)16-5-6-16)20-3-1-2-4-24(20)43-30(34,35)36/h1-4,7-8,13,15-16,18H,5-6,9-12,14H2,(H,40,41). The first kappa shape index (κ1) is 30.9. The van der Waals surface area contributed by atoms with Crippen molar-refractivity contribution in [2.75, 3.05) is 18.0 Å². The summed E-state index contributed by atoms with van der Waals surface area (Å²) in [5.74, 6) is -1.31. The minimum atomic E-state index is -4.88. The van der Waals surface area contributed by atoms with E-state index in [0.29, 0.717) is 48.1 Å². The molecule has 2 aromatic heterocycles. The van der Waals surface area contributed by atoms with Crippen LogP contribution >= 0.6 is 11.3 Å². The lowest BCUT2D eigenvalue weighted by Crippen LogP contribution is -2.37. The predicted molar refractivity (Wildman–Crippen MR) is 150 cm³/mol. The van der Waals surface area contributed by atoms with Gasteiger partial charge in [-0.25, -0.2) is 9.78 Å². The van der Waals surface area contributed by atoms with Crippen molar-refractivity contribution in [2.45, 2.75) is 56.9 Å². The topological polar surface area (TPSA) is 97.9 Å². The molecule has 6 rings (SSSR count). The van der Waals surface area contributed by atoms with Gasteiger partial charge in [-0.15, -0.1) is 24.5 Å². The third-order valence-electron chi connectivity index (χ3n) is 7.65. The first-order chi connectivity index (χ1) is 21.4. The first-order valence-corrected chi connectivity index (χ1v) is 14.9. The molecule has 4 aromatic rings. The molecule has 45 heavy (non-hydrogen) atoms. The van der Waals surface area contributed by atoms with E-state index < -0.39 is 29.6 Å². The number of halogens is 6. The second-order valence-corrected chi connectivity index (χ2v) is 11.6. The number of aromatic nitrogens is 2. The summed E-state index contributed by atoms with van der Waals surface area (Å²) in [6.07, 6.45) is -6.90. The van der Waals surface area contributed by atoms with E-state index in [2.05, 4.69) is 14.9 Å². The highest BCUT2D eigenvalue weighted by Gasteiger charge is 2.37. The molecule has 0 radical (unpaired) electrons. The molecule has 1 aliphatic heterocycles. The summed E-state index contributed by atoms with van der Waals surface area (Å²) in [5, 5.41) is 15.5. The molecule has 0 amide bonds. The predicted octanol–water partition coefficient (Wildman–Crippen LogP) is 8.14. The monoisotopic (exact) mass is 653 g/mol. The third kappa shape index (κ3) is 6.93. The molecule has 3 heterocycles. The Bertz CT molecular complexity index is 1690. The summed E-state index contributed by atoms with van der Waals surface area (Å²) >= 11 is 1.27. The molecule has 2 fully saturated rings. The average molecular weight is 654 g/mol. The molecule has 1 saturated heterocycles. The molecule has 1 aliphatic carbocycles. The van der Waals surface area contributed by atoms with E-state index in [-0.39, 0.29) is 41.2 Å². The van der Waals surface area contributed by atoms with E-state index in [4.69, 9.17) is 14.4 Å². The highest BCUT2D eigenvalue weighted by atomic mass is 32.1. The number of ether oxygens (including phenoxy) is 2. The molecule has 0 unspecified atom stereocenters. The molecule has 0 spiro atoms. The average Bonchev–Trinajstić information content (AvgIpc) is 3.55. The summed E-state index contributed by atoms with van der Waals surface area (Å²) in [7, 11) is 0. The number of carboxylic acids is 1. The molecule has 0 atom stereocenters. The zero-order valence-electron chi connectivity index (χ0n) is 23.3. The second kappa shape index (κ2) is 12.0. The Kier molecular flexibility index (Phi) is 8.24. The fraction of sp³-hybridized carbons (Fsp3) is 0.367. The zero-order chi connectivity index (χ0) is 31.9. The van der Waals surface area contributed by atoms with Gasteiger partial charge in [0, 0.05) is 41.1 Å². The number of rotatable bonds is 9. The van der Waals surface area contributed by atoms with Gasteiger partial charge < -0.3 is 24.0 Å². The van der Waals surface area contributed by atoms with Crippen LogP contribution < -0.4 is 9.64 Å². The maximum Gasteiger partial charge on any atom is 0.573 e. The summed E-state index contributed by atoms with van der Waals surface area (Å²) in [4.78, 5) is 17.8. The van der Waals surface area contributed by atoms with E-state index in [1.807, 2.05) is 4.90 Å². The van der Waals surface area contributed by atoms with E-state index >= 15 is 0 Å². The van der Waals surface area contributed by atoms with Crippen LogP contribution in [0.4, 0.5) is 31.5 Å². The number of alkyl halides is 6. The van der Waals surface area contributed by atoms with Crippen LogP contribution in [0.25, 0.3) is 22.5 Å². The van der Waals surface area contributed by atoms with Gasteiger partial charge in [0.1, 0.15) is 17.2 Å². The molecular weight excluding hydrogens is 628 g/mol. The summed E-state index contributed by atoms with van der Waals surface area (Å²) in [6, 6.07) is 8.78. The van der Waals surface area contributed by atoms with Crippen LogP contribution in [-0.4, -0.2) is 46.8 Å². The third-order valence-corrected chi connectivity index (χ3v) is 8.56. The number of carbonyl (C=O) groups is 1. The number of hydrogen-bond donors (Lipinski definition) is 1. The normalized spacial score (nSPS) is 16.3. The number of carboxylic acid groups (broad SMARTS) is 1. The van der Waals surface area contributed by atoms with E-state index in [1.165, 1.54) is 35.6 Å². The number of aromatic carboxylic acids is 1. The van der Waals surface area contributed by atoms with Crippen LogP contribution in [0.3, 0.4) is 0 Å². The van der Waals surface area contributed by atoms with Crippen LogP contribution in [0.1, 0.15) is 58.8 Å². The maximum absolute atomic E-state index is 13.5. The summed E-state index contributed by atoms with van der Waals surface area (Å²) < 4.78 is 95.7. The van der Waals surface area contributed by atoms with Gasteiger partial charge in [0.15, 0.2) is 5.13 Å². The smallest absolute Gasteiger partial charge is 0.478 e. The quantitative estimate of drug-likeness (QED) is 0.181. The van der Waals surface area contributed by atoms with Gasteiger partial charge in [0.2, 0.25) is 0 Å². The molecule has 8 nitrogen and oxygen atoms in total. The van der Waals surface area contributed by atoms with Crippen molar-refractivity contribution < 1.29 is 50.2 Å². The summed E-state index contributed by atoms with van der Waals surface area (Å²) in [6.45, 7) is 1.19. The highest BCUT2D eigenvalue weighted by molar-refractivity contribution is 7.14. The van der Waals surface area contributed by atoms with Crippen molar-refractivity contribution in [1.29, 1.82) is 0 Å². The van der Waals surface area contributed by atoms with Crippen LogP contribution in [0.2, 0.25) is 0 Å². The molecule has 1 N–H and O–H groups in total. The molecule has 1 saturated carbocycles. The second-order valence-electron chi connectivity index (χ2n) is 10.8. The lowest BCUT2D eigenvalue weighted by Gasteiger charge is -2.31. The van der Waals surface area contributed by atoms with Gasteiger partial charge in [-0.05, 0) is 49.9 Å².